The Kier molecular flexibility index (Phi) is 7.03. The molecule has 4 aliphatic rings. The number of rotatable bonds is 5. The Morgan fingerprint density at radius 3 is 2.50 bits per heavy atom. The standard InChI is InChI=1S/C31H41FN4O4/c1-31(2,3)40-30(39)34-26(18-7-5-4-6-8-18)29(38)35-14-13-25-27(35)23(17-36(25)28(37)19-9-10-19)22-16-33-24-15-20(32)11-12-21(22)24/h11-12,15-16,18-19,23,25-27,33H,4-10,13-14,17H2,1-3H3,(H,34,39). The molecular formula is C31H41FN4O4. The molecule has 40 heavy (non-hydrogen) atoms. The van der Waals surface area contributed by atoms with Gasteiger partial charge in [-0.05, 0) is 82.6 Å². The molecule has 4 fully saturated rings. The van der Waals surface area contributed by atoms with E-state index in [1.54, 1.807) is 6.07 Å². The number of halogens is 1. The Morgan fingerprint density at radius 1 is 1.05 bits per heavy atom. The molecule has 2 aromatic rings. The number of aromatic nitrogens is 1. The molecule has 9 heteroatoms. The van der Waals surface area contributed by atoms with Crippen molar-refractivity contribution in [1.29, 1.82) is 0 Å². The van der Waals surface area contributed by atoms with E-state index < -0.39 is 17.7 Å². The molecule has 4 unspecified atom stereocenters. The second-order valence-electron chi connectivity index (χ2n) is 13.2. The summed E-state index contributed by atoms with van der Waals surface area (Å²) < 4.78 is 19.5. The number of fused-ring (bicyclic) bond motifs is 2. The molecule has 1 aromatic heterocycles. The Balaban J connectivity index is 1.33. The molecule has 2 N–H and O–H groups in total. The summed E-state index contributed by atoms with van der Waals surface area (Å²) >= 11 is 0. The summed E-state index contributed by atoms with van der Waals surface area (Å²) in [6, 6.07) is 3.79. The number of likely N-dealkylation sites (tertiary alicyclic amines) is 2. The van der Waals surface area contributed by atoms with E-state index in [1.807, 2.05) is 36.8 Å². The van der Waals surface area contributed by atoms with Crippen molar-refractivity contribution < 1.29 is 23.5 Å². The number of alkyl carbamates (subject to hydrolysis) is 1. The van der Waals surface area contributed by atoms with Crippen molar-refractivity contribution in [2.24, 2.45) is 11.8 Å². The first-order valence-corrected chi connectivity index (χ1v) is 15.0. The van der Waals surface area contributed by atoms with Crippen molar-refractivity contribution in [1.82, 2.24) is 20.1 Å². The second-order valence-corrected chi connectivity index (χ2v) is 13.2. The third-order valence-electron chi connectivity index (χ3n) is 9.25. The third-order valence-corrected chi connectivity index (χ3v) is 9.25. The lowest BCUT2D eigenvalue weighted by Crippen LogP contribution is -2.55. The molecule has 216 valence electrons. The Morgan fingerprint density at radius 2 is 1.80 bits per heavy atom. The number of hydrogen-bond acceptors (Lipinski definition) is 4. The summed E-state index contributed by atoms with van der Waals surface area (Å²) in [4.78, 5) is 47.9. The topological polar surface area (TPSA) is 94.7 Å². The summed E-state index contributed by atoms with van der Waals surface area (Å²) in [7, 11) is 0. The molecule has 1 aromatic carbocycles. The summed E-state index contributed by atoms with van der Waals surface area (Å²) in [5, 5.41) is 3.88. The van der Waals surface area contributed by atoms with Crippen LogP contribution in [0, 0.1) is 17.7 Å². The van der Waals surface area contributed by atoms with Gasteiger partial charge in [-0.3, -0.25) is 9.59 Å². The highest BCUT2D eigenvalue weighted by Gasteiger charge is 2.55. The summed E-state index contributed by atoms with van der Waals surface area (Å²) in [6.07, 6.45) is 8.89. The quantitative estimate of drug-likeness (QED) is 0.541. The first-order chi connectivity index (χ1) is 19.1. The van der Waals surface area contributed by atoms with Gasteiger partial charge in [-0.1, -0.05) is 19.3 Å². The zero-order valence-electron chi connectivity index (χ0n) is 23.7. The number of amides is 3. The number of ether oxygens (including phenoxy) is 1. The molecule has 0 spiro atoms. The zero-order valence-corrected chi connectivity index (χ0v) is 23.7. The first-order valence-electron chi connectivity index (χ1n) is 15.0. The van der Waals surface area contributed by atoms with E-state index in [0.717, 1.165) is 55.9 Å². The van der Waals surface area contributed by atoms with E-state index in [4.69, 9.17) is 4.74 Å². The predicted molar refractivity (Wildman–Crippen MR) is 149 cm³/mol. The highest BCUT2D eigenvalue weighted by atomic mass is 19.1. The van der Waals surface area contributed by atoms with Gasteiger partial charge in [-0.15, -0.1) is 0 Å². The number of aromatic amines is 1. The maximum absolute atomic E-state index is 14.4. The number of carbonyl (C=O) groups excluding carboxylic acids is 3. The summed E-state index contributed by atoms with van der Waals surface area (Å²) in [5.74, 6) is -0.169. The normalized spacial score (nSPS) is 26.1. The van der Waals surface area contributed by atoms with Gasteiger partial charge in [0.1, 0.15) is 17.5 Å². The van der Waals surface area contributed by atoms with Crippen LogP contribution in [0.5, 0.6) is 0 Å². The fourth-order valence-corrected chi connectivity index (χ4v) is 7.33. The van der Waals surface area contributed by atoms with Crippen LogP contribution < -0.4 is 5.32 Å². The van der Waals surface area contributed by atoms with Crippen molar-refractivity contribution >= 4 is 28.8 Å². The maximum Gasteiger partial charge on any atom is 0.408 e. The molecule has 3 heterocycles. The number of benzene rings is 1. The highest BCUT2D eigenvalue weighted by Crippen LogP contribution is 2.46. The van der Waals surface area contributed by atoms with E-state index in [9.17, 15) is 18.8 Å². The van der Waals surface area contributed by atoms with Gasteiger partial charge < -0.3 is 24.8 Å². The van der Waals surface area contributed by atoms with Gasteiger partial charge in [0.2, 0.25) is 11.8 Å². The Bertz CT molecular complexity index is 1290. The van der Waals surface area contributed by atoms with Gasteiger partial charge >= 0.3 is 6.09 Å². The second kappa shape index (κ2) is 10.4. The lowest BCUT2D eigenvalue weighted by atomic mass is 9.83. The van der Waals surface area contributed by atoms with Crippen molar-refractivity contribution in [3.8, 4) is 0 Å². The minimum atomic E-state index is -0.669. The van der Waals surface area contributed by atoms with Crippen LogP contribution in [0.3, 0.4) is 0 Å². The molecule has 6 rings (SSSR count). The van der Waals surface area contributed by atoms with E-state index in [2.05, 4.69) is 10.3 Å². The highest BCUT2D eigenvalue weighted by molar-refractivity contribution is 5.89. The van der Waals surface area contributed by atoms with Gasteiger partial charge in [0.25, 0.3) is 0 Å². The smallest absolute Gasteiger partial charge is 0.408 e. The average molecular weight is 553 g/mol. The molecule has 3 amide bonds. The van der Waals surface area contributed by atoms with Crippen molar-refractivity contribution in [2.45, 2.75) is 102 Å². The van der Waals surface area contributed by atoms with Crippen LogP contribution in [0.4, 0.5) is 9.18 Å². The lowest BCUT2D eigenvalue weighted by molar-refractivity contribution is -0.137. The van der Waals surface area contributed by atoms with Gasteiger partial charge in [0.15, 0.2) is 0 Å². The van der Waals surface area contributed by atoms with E-state index >= 15 is 0 Å². The van der Waals surface area contributed by atoms with Crippen LogP contribution in [-0.2, 0) is 14.3 Å². The van der Waals surface area contributed by atoms with E-state index in [0.29, 0.717) is 25.0 Å². The van der Waals surface area contributed by atoms with E-state index in [-0.39, 0.29) is 47.5 Å². The maximum atomic E-state index is 14.4. The molecule has 0 radical (unpaired) electrons. The van der Waals surface area contributed by atoms with Crippen molar-refractivity contribution in [3.63, 3.8) is 0 Å². The summed E-state index contributed by atoms with van der Waals surface area (Å²) in [5.41, 5.74) is 1.05. The summed E-state index contributed by atoms with van der Waals surface area (Å²) in [6.45, 7) is 6.52. The largest absolute Gasteiger partial charge is 0.444 e. The molecule has 2 aliphatic carbocycles. The van der Waals surface area contributed by atoms with Crippen LogP contribution in [-0.4, -0.2) is 69.5 Å². The van der Waals surface area contributed by atoms with Gasteiger partial charge in [0.05, 0.1) is 12.1 Å². The number of nitrogens with zero attached hydrogens (tertiary/aromatic N) is 2. The predicted octanol–water partition coefficient (Wildman–Crippen LogP) is 5.09. The molecule has 4 atom stereocenters. The van der Waals surface area contributed by atoms with Crippen LogP contribution >= 0.6 is 0 Å². The van der Waals surface area contributed by atoms with Crippen LogP contribution in [0.1, 0.15) is 83.6 Å². The molecule has 2 saturated heterocycles. The van der Waals surface area contributed by atoms with Crippen molar-refractivity contribution in [2.75, 3.05) is 13.1 Å². The van der Waals surface area contributed by atoms with Crippen molar-refractivity contribution in [3.05, 3.63) is 35.8 Å². The number of hydrogen-bond donors (Lipinski definition) is 2. The average Bonchev–Trinajstić information content (AvgIpc) is 3.38. The Labute approximate surface area is 235 Å². The van der Waals surface area contributed by atoms with Crippen LogP contribution in [0.15, 0.2) is 24.4 Å². The van der Waals surface area contributed by atoms with E-state index in [1.165, 1.54) is 12.1 Å². The fourth-order valence-electron chi connectivity index (χ4n) is 7.33. The minimum absolute atomic E-state index is 0.0490. The molecule has 2 aliphatic heterocycles. The minimum Gasteiger partial charge on any atom is -0.444 e. The first kappa shape index (κ1) is 27.1. The molecular weight excluding hydrogens is 511 g/mol. The number of nitrogens with one attached hydrogen (secondary N) is 2. The zero-order chi connectivity index (χ0) is 28.2. The third kappa shape index (κ3) is 5.19. The molecule has 2 saturated carbocycles. The molecule has 8 nitrogen and oxygen atoms in total. The lowest BCUT2D eigenvalue weighted by Gasteiger charge is -2.36. The van der Waals surface area contributed by atoms with Gasteiger partial charge in [0, 0.05) is 42.0 Å². The molecule has 0 bridgehead atoms. The SMILES string of the molecule is CC(C)(C)OC(=O)NC(C(=O)N1CCC2C1C(c1c[nH]c3cc(F)ccc13)CN2C(=O)C1CC1)C1CCCCC1. The number of carbonyl (C=O) groups is 3. The van der Waals surface area contributed by atoms with Gasteiger partial charge in [-0.25, -0.2) is 9.18 Å². The number of H-pyrrole nitrogens is 1. The fraction of sp³-hybridized carbons (Fsp3) is 0.645. The Hall–Kier alpha value is -3.10. The van der Waals surface area contributed by atoms with Gasteiger partial charge in [-0.2, -0.15) is 0 Å². The van der Waals surface area contributed by atoms with Crippen LogP contribution in [0.2, 0.25) is 0 Å². The monoisotopic (exact) mass is 552 g/mol. The van der Waals surface area contributed by atoms with Crippen LogP contribution in [0.25, 0.3) is 10.9 Å².